The lowest BCUT2D eigenvalue weighted by Crippen LogP contribution is -2.32. The van der Waals surface area contributed by atoms with Crippen molar-refractivity contribution >= 4 is 34.3 Å². The Labute approximate surface area is 245 Å². The van der Waals surface area contributed by atoms with Crippen molar-refractivity contribution in [1.29, 1.82) is 0 Å². The molecule has 0 spiro atoms. The SMILES string of the molecule is CCNC(=O)c1cnc2ccc(CCCCCCCCCCCNC(=O)OC(C)(C)C)cc2c1Nc1ccccc1. The molecule has 0 saturated carbocycles. The largest absolute Gasteiger partial charge is 0.444 e. The quantitative estimate of drug-likeness (QED) is 0.153. The molecule has 7 heteroatoms. The van der Waals surface area contributed by atoms with Crippen LogP contribution in [0.1, 0.15) is 101 Å². The second-order valence-electron chi connectivity index (χ2n) is 11.6. The predicted octanol–water partition coefficient (Wildman–Crippen LogP) is 8.31. The van der Waals surface area contributed by atoms with Crippen LogP contribution in [-0.2, 0) is 11.2 Å². The van der Waals surface area contributed by atoms with E-state index in [2.05, 4.69) is 39.1 Å². The molecule has 0 saturated heterocycles. The first-order chi connectivity index (χ1) is 19.8. The summed E-state index contributed by atoms with van der Waals surface area (Å²) in [6.07, 6.45) is 13.1. The summed E-state index contributed by atoms with van der Waals surface area (Å²) in [5, 5.41) is 10.2. The summed E-state index contributed by atoms with van der Waals surface area (Å²) in [6, 6.07) is 16.4. The van der Waals surface area contributed by atoms with Gasteiger partial charge in [-0.25, -0.2) is 4.79 Å². The maximum Gasteiger partial charge on any atom is 0.407 e. The van der Waals surface area contributed by atoms with Crippen LogP contribution in [0.15, 0.2) is 54.7 Å². The van der Waals surface area contributed by atoms with Crippen LogP contribution in [0.3, 0.4) is 0 Å². The number of rotatable bonds is 16. The molecule has 0 bridgehead atoms. The molecule has 0 aliphatic heterocycles. The van der Waals surface area contributed by atoms with E-state index >= 15 is 0 Å². The standard InChI is InChI=1S/C34H48N4O3/c1-5-35-32(39)29-25-37-30-22-21-26(24-28(30)31(29)38-27-19-15-13-16-20-27)18-14-11-9-7-6-8-10-12-17-23-36-33(40)41-34(2,3)4/h13,15-16,19-22,24-25H,5-12,14,17-18,23H2,1-4H3,(H,35,39)(H,36,40)(H,37,38). The van der Waals surface area contributed by atoms with Crippen LogP contribution in [0, 0.1) is 0 Å². The smallest absolute Gasteiger partial charge is 0.407 e. The van der Waals surface area contributed by atoms with Gasteiger partial charge >= 0.3 is 6.09 Å². The molecule has 3 N–H and O–H groups in total. The number of ether oxygens (including phenoxy) is 1. The summed E-state index contributed by atoms with van der Waals surface area (Å²) in [6.45, 7) is 8.79. The minimum absolute atomic E-state index is 0.122. The average molecular weight is 561 g/mol. The molecule has 3 rings (SSSR count). The molecule has 0 radical (unpaired) electrons. The minimum Gasteiger partial charge on any atom is -0.444 e. The van der Waals surface area contributed by atoms with Crippen molar-refractivity contribution < 1.29 is 14.3 Å². The number of fused-ring (bicyclic) bond motifs is 1. The van der Waals surface area contributed by atoms with Crippen molar-refractivity contribution in [2.45, 2.75) is 97.5 Å². The topological polar surface area (TPSA) is 92.4 Å². The van der Waals surface area contributed by atoms with Crippen LogP contribution < -0.4 is 16.0 Å². The van der Waals surface area contributed by atoms with E-state index in [1.807, 2.05) is 58.0 Å². The molecule has 222 valence electrons. The van der Waals surface area contributed by atoms with Crippen molar-refractivity contribution in [1.82, 2.24) is 15.6 Å². The highest BCUT2D eigenvalue weighted by Gasteiger charge is 2.17. The lowest BCUT2D eigenvalue weighted by molar-refractivity contribution is 0.0526. The summed E-state index contributed by atoms with van der Waals surface area (Å²) in [5.41, 5.74) is 3.99. The minimum atomic E-state index is -0.446. The number of para-hydroxylation sites is 1. The van der Waals surface area contributed by atoms with Gasteiger partial charge in [-0.15, -0.1) is 0 Å². The number of alkyl carbamates (subject to hydrolysis) is 1. The number of carbonyl (C=O) groups is 2. The number of pyridine rings is 1. The van der Waals surface area contributed by atoms with Crippen LogP contribution in [0.4, 0.5) is 16.2 Å². The van der Waals surface area contributed by atoms with Crippen molar-refractivity contribution in [3.63, 3.8) is 0 Å². The first kappa shape index (κ1) is 31.9. The number of amides is 2. The number of anilines is 2. The number of nitrogens with zero attached hydrogens (tertiary/aromatic N) is 1. The normalized spacial score (nSPS) is 11.3. The second-order valence-corrected chi connectivity index (χ2v) is 11.6. The molecule has 7 nitrogen and oxygen atoms in total. The molecule has 1 aromatic heterocycles. The molecular weight excluding hydrogens is 512 g/mol. The first-order valence-electron chi connectivity index (χ1n) is 15.3. The van der Waals surface area contributed by atoms with Gasteiger partial charge in [-0.05, 0) is 76.8 Å². The Balaban J connectivity index is 1.41. The van der Waals surface area contributed by atoms with Crippen molar-refractivity contribution in [3.8, 4) is 0 Å². The summed E-state index contributed by atoms with van der Waals surface area (Å²) >= 11 is 0. The zero-order valence-corrected chi connectivity index (χ0v) is 25.4. The predicted molar refractivity (Wildman–Crippen MR) is 169 cm³/mol. The summed E-state index contributed by atoms with van der Waals surface area (Å²) in [4.78, 5) is 29.1. The fourth-order valence-electron chi connectivity index (χ4n) is 4.82. The number of benzene rings is 2. The van der Waals surface area contributed by atoms with Gasteiger partial charge in [0.1, 0.15) is 5.60 Å². The van der Waals surface area contributed by atoms with Gasteiger partial charge in [0, 0.05) is 30.4 Å². The van der Waals surface area contributed by atoms with Crippen molar-refractivity contribution in [2.24, 2.45) is 0 Å². The number of hydrogen-bond donors (Lipinski definition) is 3. The van der Waals surface area contributed by atoms with E-state index < -0.39 is 5.60 Å². The maximum atomic E-state index is 12.8. The van der Waals surface area contributed by atoms with Gasteiger partial charge in [-0.3, -0.25) is 9.78 Å². The van der Waals surface area contributed by atoms with Gasteiger partial charge in [0.05, 0.1) is 16.8 Å². The van der Waals surface area contributed by atoms with Gasteiger partial charge < -0.3 is 20.7 Å². The Morgan fingerprint density at radius 2 is 1.49 bits per heavy atom. The molecule has 1 heterocycles. The summed E-state index contributed by atoms with van der Waals surface area (Å²) in [5.74, 6) is -0.122. The molecule has 3 aromatic rings. The molecule has 0 unspecified atom stereocenters. The zero-order chi connectivity index (χ0) is 29.5. The third-order valence-electron chi connectivity index (χ3n) is 6.87. The lowest BCUT2D eigenvalue weighted by atomic mass is 10.0. The van der Waals surface area contributed by atoms with Gasteiger partial charge in [-0.1, -0.05) is 69.2 Å². The molecule has 0 aliphatic rings. The zero-order valence-electron chi connectivity index (χ0n) is 25.4. The maximum absolute atomic E-state index is 12.8. The van der Waals surface area contributed by atoms with E-state index in [0.29, 0.717) is 18.7 Å². The monoisotopic (exact) mass is 560 g/mol. The molecular formula is C34H48N4O3. The van der Waals surface area contributed by atoms with Crippen LogP contribution in [0.25, 0.3) is 10.9 Å². The Bertz CT molecular complexity index is 1240. The Hall–Kier alpha value is -3.61. The van der Waals surface area contributed by atoms with Gasteiger partial charge in [0.2, 0.25) is 0 Å². The fraction of sp³-hybridized carbons (Fsp3) is 0.500. The number of aryl methyl sites for hydroxylation is 1. The van der Waals surface area contributed by atoms with Crippen molar-refractivity contribution in [2.75, 3.05) is 18.4 Å². The van der Waals surface area contributed by atoms with Crippen molar-refractivity contribution in [3.05, 3.63) is 65.9 Å². The van der Waals surface area contributed by atoms with Gasteiger partial charge in [0.25, 0.3) is 5.91 Å². The third-order valence-corrected chi connectivity index (χ3v) is 6.87. The van der Waals surface area contributed by atoms with Gasteiger partial charge in [0.15, 0.2) is 0 Å². The number of aromatic nitrogens is 1. The highest BCUT2D eigenvalue weighted by Crippen LogP contribution is 2.30. The van der Waals surface area contributed by atoms with E-state index in [-0.39, 0.29) is 12.0 Å². The Morgan fingerprint density at radius 3 is 2.15 bits per heavy atom. The lowest BCUT2D eigenvalue weighted by Gasteiger charge is -2.19. The van der Waals surface area contributed by atoms with Crippen LogP contribution >= 0.6 is 0 Å². The number of nitrogens with one attached hydrogen (secondary N) is 3. The first-order valence-corrected chi connectivity index (χ1v) is 15.3. The molecule has 2 amide bonds. The Kier molecular flexibility index (Phi) is 12.9. The fourth-order valence-corrected chi connectivity index (χ4v) is 4.82. The van der Waals surface area contributed by atoms with E-state index in [9.17, 15) is 9.59 Å². The average Bonchev–Trinajstić information content (AvgIpc) is 2.93. The molecule has 0 aliphatic carbocycles. The summed E-state index contributed by atoms with van der Waals surface area (Å²) < 4.78 is 5.25. The van der Waals surface area contributed by atoms with E-state index in [0.717, 1.165) is 48.0 Å². The second kappa shape index (κ2) is 16.6. The summed E-state index contributed by atoms with van der Waals surface area (Å²) in [7, 11) is 0. The third kappa shape index (κ3) is 11.4. The van der Waals surface area contributed by atoms with E-state index in [1.54, 1.807) is 6.20 Å². The number of hydrogen-bond acceptors (Lipinski definition) is 5. The molecule has 0 atom stereocenters. The number of unbranched alkanes of at least 4 members (excludes halogenated alkanes) is 8. The van der Waals surface area contributed by atoms with Crippen LogP contribution in [0.5, 0.6) is 0 Å². The van der Waals surface area contributed by atoms with Crippen LogP contribution in [-0.4, -0.2) is 35.7 Å². The van der Waals surface area contributed by atoms with Crippen LogP contribution in [0.2, 0.25) is 0 Å². The highest BCUT2D eigenvalue weighted by molar-refractivity contribution is 6.08. The molecule has 0 fully saturated rings. The molecule has 2 aromatic carbocycles. The van der Waals surface area contributed by atoms with Gasteiger partial charge in [-0.2, -0.15) is 0 Å². The highest BCUT2D eigenvalue weighted by atomic mass is 16.6. The number of carbonyl (C=O) groups excluding carboxylic acids is 2. The Morgan fingerprint density at radius 1 is 0.829 bits per heavy atom. The van der Waals surface area contributed by atoms with E-state index in [4.69, 9.17) is 4.74 Å². The molecule has 41 heavy (non-hydrogen) atoms. The van der Waals surface area contributed by atoms with E-state index in [1.165, 1.54) is 44.1 Å².